The zero-order valence-corrected chi connectivity index (χ0v) is 6.63. The lowest BCUT2D eigenvalue weighted by Gasteiger charge is -2.05. The summed E-state index contributed by atoms with van der Waals surface area (Å²) in [5.41, 5.74) is 0. The van der Waals surface area contributed by atoms with Crippen molar-refractivity contribution in [2.75, 3.05) is 6.61 Å². The fourth-order valence-electron chi connectivity index (χ4n) is 0.553. The summed E-state index contributed by atoms with van der Waals surface area (Å²) >= 11 is -2.25. The second-order valence-corrected chi connectivity index (χ2v) is 2.61. The molecule has 0 saturated carbocycles. The Bertz CT molecular complexity index is 106. The molecule has 0 aliphatic heterocycles. The molecule has 0 aromatic carbocycles. The molecule has 2 N–H and O–H groups in total. The maximum absolute atomic E-state index is 9.89. The second-order valence-electron chi connectivity index (χ2n) is 1.94. The van der Waals surface area contributed by atoms with Crippen LogP contribution in [0.15, 0.2) is 0 Å². The van der Waals surface area contributed by atoms with Gasteiger partial charge in [-0.3, -0.25) is 8.74 Å². The Balaban J connectivity index is 3.21. The summed E-state index contributed by atoms with van der Waals surface area (Å²) in [6.45, 7) is 1.84. The molecule has 0 saturated heterocycles. The number of hydrogen-bond donors (Lipinski definition) is 2. The normalized spacial score (nSPS) is 16.7. The number of hydrogen-bond acceptors (Lipinski definition) is 3. The Morgan fingerprint density at radius 1 is 1.70 bits per heavy atom. The molecule has 5 heteroatoms. The molecule has 0 aliphatic carbocycles. The van der Waals surface area contributed by atoms with Gasteiger partial charge in [0, 0.05) is 0 Å². The Labute approximate surface area is 62.7 Å². The van der Waals surface area contributed by atoms with Gasteiger partial charge in [0.2, 0.25) is 0 Å². The van der Waals surface area contributed by atoms with Crippen LogP contribution in [0.25, 0.3) is 0 Å². The lowest BCUT2D eigenvalue weighted by atomic mass is 10.2. The Morgan fingerprint density at radius 2 is 2.30 bits per heavy atom. The first kappa shape index (κ1) is 10.0. The molecular weight excluding hydrogens is 156 g/mol. The third-order valence-corrected chi connectivity index (χ3v) is 1.32. The largest absolute Gasteiger partial charge is 0.391 e. The number of aliphatic hydroxyl groups is 1. The van der Waals surface area contributed by atoms with Crippen molar-refractivity contribution in [3.05, 3.63) is 0 Å². The third-order valence-electron chi connectivity index (χ3n) is 0.983. The van der Waals surface area contributed by atoms with E-state index >= 15 is 0 Å². The zero-order chi connectivity index (χ0) is 7.98. The van der Waals surface area contributed by atoms with Crippen LogP contribution in [0.3, 0.4) is 0 Å². The quantitative estimate of drug-likeness (QED) is 0.579. The Kier molecular flexibility index (Phi) is 5.81. The van der Waals surface area contributed by atoms with Gasteiger partial charge in [-0.25, -0.2) is 0 Å². The number of rotatable bonds is 5. The van der Waals surface area contributed by atoms with E-state index in [1.807, 2.05) is 6.92 Å². The highest BCUT2D eigenvalue weighted by atomic mass is 32.2. The van der Waals surface area contributed by atoms with Crippen LogP contribution in [0.2, 0.25) is 0 Å². The first-order valence-electron chi connectivity index (χ1n) is 3.09. The van der Waals surface area contributed by atoms with Crippen LogP contribution in [0.4, 0.5) is 0 Å². The van der Waals surface area contributed by atoms with Crippen molar-refractivity contribution in [3.8, 4) is 0 Å². The van der Waals surface area contributed by atoms with E-state index in [2.05, 4.69) is 4.18 Å². The molecule has 4 nitrogen and oxygen atoms in total. The minimum atomic E-state index is -2.25. The monoisotopic (exact) mass is 168 g/mol. The van der Waals surface area contributed by atoms with Crippen LogP contribution >= 0.6 is 0 Å². The Morgan fingerprint density at radius 3 is 2.70 bits per heavy atom. The van der Waals surface area contributed by atoms with Crippen molar-refractivity contribution in [2.24, 2.45) is 0 Å². The van der Waals surface area contributed by atoms with E-state index in [9.17, 15) is 4.21 Å². The fraction of sp³-hybridized carbons (Fsp3) is 1.00. The van der Waals surface area contributed by atoms with Crippen molar-refractivity contribution in [3.63, 3.8) is 0 Å². The average molecular weight is 168 g/mol. The van der Waals surface area contributed by atoms with Crippen LogP contribution < -0.4 is 0 Å². The van der Waals surface area contributed by atoms with Crippen molar-refractivity contribution in [1.29, 1.82) is 0 Å². The summed E-state index contributed by atoms with van der Waals surface area (Å²) in [4.78, 5) is 0. The SMILES string of the molecule is CCCC(O)COS(=O)O. The van der Waals surface area contributed by atoms with Crippen LogP contribution in [0, 0.1) is 0 Å². The standard InChI is InChI=1S/C5H12O4S/c1-2-3-5(6)4-9-10(7)8/h5-6H,2-4H2,1H3,(H,7,8). The van der Waals surface area contributed by atoms with Gasteiger partial charge in [-0.05, 0) is 6.42 Å². The summed E-state index contributed by atoms with van der Waals surface area (Å²) < 4.78 is 22.2. The molecular formula is C5H12O4S. The van der Waals surface area contributed by atoms with Gasteiger partial charge >= 0.3 is 11.4 Å². The first-order valence-corrected chi connectivity index (χ1v) is 4.12. The molecule has 10 heavy (non-hydrogen) atoms. The van der Waals surface area contributed by atoms with Crippen LogP contribution in [0.1, 0.15) is 19.8 Å². The minimum Gasteiger partial charge on any atom is -0.391 e. The molecule has 2 atom stereocenters. The first-order chi connectivity index (χ1) is 4.66. The molecule has 2 unspecified atom stereocenters. The Hall–Kier alpha value is 0.0300. The summed E-state index contributed by atoms with van der Waals surface area (Å²) in [6, 6.07) is 0. The van der Waals surface area contributed by atoms with Gasteiger partial charge in [-0.1, -0.05) is 13.3 Å². The zero-order valence-electron chi connectivity index (χ0n) is 5.82. The topological polar surface area (TPSA) is 66.8 Å². The highest BCUT2D eigenvalue weighted by Gasteiger charge is 2.03. The van der Waals surface area contributed by atoms with Crippen molar-refractivity contribution in [2.45, 2.75) is 25.9 Å². The highest BCUT2D eigenvalue weighted by Crippen LogP contribution is 1.96. The lowest BCUT2D eigenvalue weighted by molar-refractivity contribution is 0.101. The molecule has 0 aliphatic rings. The third kappa shape index (κ3) is 6.15. The van der Waals surface area contributed by atoms with Crippen molar-refractivity contribution < 1.29 is 18.1 Å². The maximum Gasteiger partial charge on any atom is 0.301 e. The minimum absolute atomic E-state index is 0.0725. The van der Waals surface area contributed by atoms with E-state index < -0.39 is 17.5 Å². The second kappa shape index (κ2) is 5.79. The fourth-order valence-corrected chi connectivity index (χ4v) is 0.827. The van der Waals surface area contributed by atoms with Gasteiger partial charge in [-0.2, -0.15) is 4.21 Å². The molecule has 0 aromatic heterocycles. The van der Waals surface area contributed by atoms with Gasteiger partial charge in [-0.15, -0.1) is 0 Å². The number of aliphatic hydroxyl groups excluding tert-OH is 1. The summed E-state index contributed by atoms with van der Waals surface area (Å²) in [7, 11) is 0. The summed E-state index contributed by atoms with van der Waals surface area (Å²) in [6.07, 6.45) is 0.806. The van der Waals surface area contributed by atoms with Crippen molar-refractivity contribution in [1.82, 2.24) is 0 Å². The molecule has 0 radical (unpaired) electrons. The van der Waals surface area contributed by atoms with E-state index in [1.165, 1.54) is 0 Å². The smallest absolute Gasteiger partial charge is 0.301 e. The van der Waals surface area contributed by atoms with Crippen LogP contribution in [-0.4, -0.2) is 26.6 Å². The van der Waals surface area contributed by atoms with Gasteiger partial charge in [0.15, 0.2) is 0 Å². The van der Waals surface area contributed by atoms with Gasteiger partial charge < -0.3 is 5.11 Å². The molecule has 0 aromatic rings. The molecule has 0 heterocycles. The highest BCUT2D eigenvalue weighted by molar-refractivity contribution is 7.74. The predicted octanol–water partition coefficient (Wildman–Crippen LogP) is 0.301. The van der Waals surface area contributed by atoms with Crippen LogP contribution in [-0.2, 0) is 15.5 Å². The molecule has 0 rings (SSSR count). The van der Waals surface area contributed by atoms with Gasteiger partial charge in [0.05, 0.1) is 12.7 Å². The molecule has 62 valence electrons. The molecule has 0 spiro atoms. The summed E-state index contributed by atoms with van der Waals surface area (Å²) in [5, 5.41) is 8.93. The van der Waals surface area contributed by atoms with E-state index in [0.29, 0.717) is 6.42 Å². The van der Waals surface area contributed by atoms with Crippen molar-refractivity contribution >= 4 is 11.4 Å². The van der Waals surface area contributed by atoms with E-state index in [-0.39, 0.29) is 6.61 Å². The van der Waals surface area contributed by atoms with Gasteiger partial charge in [0.1, 0.15) is 0 Å². The summed E-state index contributed by atoms with van der Waals surface area (Å²) in [5.74, 6) is 0. The maximum atomic E-state index is 9.89. The average Bonchev–Trinajstić information content (AvgIpc) is 1.85. The van der Waals surface area contributed by atoms with E-state index in [1.54, 1.807) is 0 Å². The molecule has 0 amide bonds. The molecule has 0 bridgehead atoms. The van der Waals surface area contributed by atoms with E-state index in [0.717, 1.165) is 6.42 Å². The lowest BCUT2D eigenvalue weighted by Crippen LogP contribution is -2.15. The van der Waals surface area contributed by atoms with E-state index in [4.69, 9.17) is 9.66 Å². The molecule has 0 fully saturated rings. The van der Waals surface area contributed by atoms with Crippen LogP contribution in [0.5, 0.6) is 0 Å². The van der Waals surface area contributed by atoms with Gasteiger partial charge in [0.25, 0.3) is 0 Å². The predicted molar refractivity (Wildman–Crippen MR) is 37.6 cm³/mol.